The summed E-state index contributed by atoms with van der Waals surface area (Å²) in [4.78, 5) is 0. The van der Waals surface area contributed by atoms with Crippen molar-refractivity contribution in [3.8, 4) is 0 Å². The Morgan fingerprint density at radius 3 is 2.61 bits per heavy atom. The van der Waals surface area contributed by atoms with E-state index in [2.05, 4.69) is 20.7 Å². The van der Waals surface area contributed by atoms with Crippen molar-refractivity contribution in [1.29, 1.82) is 0 Å². The molecule has 2 saturated carbocycles. The quantitative estimate of drug-likeness (QED) is 0.211. The highest BCUT2D eigenvalue weighted by atomic mass is 32.2. The Morgan fingerprint density at radius 1 is 1.26 bits per heavy atom. The number of aliphatic hydroxyl groups is 1. The minimum atomic E-state index is -3.64. The van der Waals surface area contributed by atoms with Crippen LogP contribution in [0.3, 0.4) is 0 Å². The fourth-order valence-corrected chi connectivity index (χ4v) is 7.07. The van der Waals surface area contributed by atoms with Gasteiger partial charge < -0.3 is 32.5 Å². The van der Waals surface area contributed by atoms with E-state index in [1.807, 2.05) is 7.05 Å². The molecule has 0 radical (unpaired) electrons. The van der Waals surface area contributed by atoms with E-state index in [0.29, 0.717) is 19.5 Å². The summed E-state index contributed by atoms with van der Waals surface area (Å²) in [5.41, 5.74) is 10.8. The summed E-state index contributed by atoms with van der Waals surface area (Å²) < 4.78 is 42.3. The lowest BCUT2D eigenvalue weighted by Crippen LogP contribution is -2.60. The highest BCUT2D eigenvalue weighted by molar-refractivity contribution is 7.90. The summed E-state index contributed by atoms with van der Waals surface area (Å²) in [5.74, 6) is 0.252. The van der Waals surface area contributed by atoms with Gasteiger partial charge in [0.25, 0.3) is 0 Å². The number of piperidine rings is 1. The first-order valence-electron chi connectivity index (χ1n) is 11.6. The molecule has 0 aromatic heterocycles. The van der Waals surface area contributed by atoms with Crippen molar-refractivity contribution in [2.45, 2.75) is 80.2 Å². The van der Waals surface area contributed by atoms with Crippen LogP contribution >= 0.6 is 0 Å². The van der Waals surface area contributed by atoms with Gasteiger partial charge in [0, 0.05) is 38.0 Å². The molecule has 1 heterocycles. The normalized spacial score (nSPS) is 40.3. The molecule has 6 unspecified atom stereocenters. The maximum atomic E-state index is 13.3. The molecule has 2 aliphatic carbocycles. The number of alkyl halides is 1. The van der Waals surface area contributed by atoms with Crippen molar-refractivity contribution in [1.82, 2.24) is 20.7 Å². The smallest absolute Gasteiger partial charge is 0.217 e. The van der Waals surface area contributed by atoms with Crippen LogP contribution in [-0.4, -0.2) is 82.0 Å². The molecule has 0 aromatic carbocycles. The number of sulfonamides is 1. The van der Waals surface area contributed by atoms with Crippen LogP contribution in [-0.2, 0) is 10.0 Å². The summed E-state index contributed by atoms with van der Waals surface area (Å²) in [6.45, 7) is 1.43. The van der Waals surface area contributed by atoms with Crippen molar-refractivity contribution >= 4 is 10.0 Å². The molecule has 0 amide bonds. The van der Waals surface area contributed by atoms with Gasteiger partial charge >= 0.3 is 0 Å². The minimum absolute atomic E-state index is 0.00299. The number of hydrogen-bond donors (Lipinski definition) is 7. The fraction of sp³-hybridized carbons (Fsp3) is 1.00. The van der Waals surface area contributed by atoms with E-state index < -0.39 is 27.0 Å². The van der Waals surface area contributed by atoms with Crippen molar-refractivity contribution < 1.29 is 17.9 Å². The maximum absolute atomic E-state index is 13.3. The monoisotopic (exact) mass is 464 g/mol. The predicted octanol–water partition coefficient (Wildman–Crippen LogP) is -1.27. The molecule has 0 aromatic rings. The summed E-state index contributed by atoms with van der Waals surface area (Å²) in [7, 11) is -1.79. The molecule has 0 spiro atoms. The lowest BCUT2D eigenvalue weighted by Gasteiger charge is -2.48. The van der Waals surface area contributed by atoms with Crippen LogP contribution in [0, 0.1) is 11.8 Å². The van der Waals surface area contributed by atoms with Gasteiger partial charge in [-0.05, 0) is 57.7 Å². The molecule has 9 nitrogen and oxygen atoms in total. The van der Waals surface area contributed by atoms with E-state index in [-0.39, 0.29) is 56.0 Å². The van der Waals surface area contributed by atoms with Gasteiger partial charge in [-0.2, -0.15) is 0 Å². The molecule has 3 fully saturated rings. The van der Waals surface area contributed by atoms with Gasteiger partial charge in [-0.15, -0.1) is 0 Å². The fourth-order valence-electron chi connectivity index (χ4n) is 5.62. The number of nitrogens with one attached hydrogen (secondary N) is 4. The first kappa shape index (κ1) is 25.2. The molecule has 3 rings (SSSR count). The maximum Gasteiger partial charge on any atom is 0.217 e. The van der Waals surface area contributed by atoms with E-state index in [9.17, 15) is 17.9 Å². The topological polar surface area (TPSA) is 155 Å². The Morgan fingerprint density at radius 2 is 2.00 bits per heavy atom. The van der Waals surface area contributed by atoms with Crippen molar-refractivity contribution in [2.24, 2.45) is 23.3 Å². The van der Waals surface area contributed by atoms with Gasteiger partial charge in [0.1, 0.15) is 11.4 Å². The van der Waals surface area contributed by atoms with E-state index in [4.69, 9.17) is 11.5 Å². The third-order valence-corrected chi connectivity index (χ3v) is 9.46. The Kier molecular flexibility index (Phi) is 8.70. The molecule has 11 heteroatoms. The highest BCUT2D eigenvalue weighted by Crippen LogP contribution is 2.44. The summed E-state index contributed by atoms with van der Waals surface area (Å²) in [5, 5.41) is 19.7. The van der Waals surface area contributed by atoms with E-state index >= 15 is 0 Å². The second-order valence-electron chi connectivity index (χ2n) is 9.61. The minimum Gasteiger partial charge on any atom is -0.389 e. The average molecular weight is 465 g/mol. The Labute approximate surface area is 185 Å². The Hall–Kier alpha value is -0.400. The van der Waals surface area contributed by atoms with Gasteiger partial charge in [0.15, 0.2) is 0 Å². The zero-order chi connectivity index (χ0) is 22.6. The SMILES string of the molecule is CNC1C(CN)CCCC1NS(=O)(=O)C(CN)CNC1CC(C2(O)CC(F)C2)CCN1. The zero-order valence-corrected chi connectivity index (χ0v) is 19.3. The number of nitrogens with two attached hydrogens (primary N) is 2. The largest absolute Gasteiger partial charge is 0.389 e. The molecule has 6 atom stereocenters. The summed E-state index contributed by atoms with van der Waals surface area (Å²) in [6, 6.07) is -0.201. The molecule has 3 aliphatic rings. The number of hydrogen-bond acceptors (Lipinski definition) is 8. The molecular weight excluding hydrogens is 423 g/mol. The van der Waals surface area contributed by atoms with Crippen molar-refractivity contribution in [3.05, 3.63) is 0 Å². The zero-order valence-electron chi connectivity index (χ0n) is 18.5. The molecule has 1 saturated heterocycles. The third kappa shape index (κ3) is 5.94. The number of likely N-dealkylation sites (N-methyl/N-ethyl adjacent to an activating group) is 1. The second kappa shape index (κ2) is 10.7. The van der Waals surface area contributed by atoms with E-state index in [1.54, 1.807) is 0 Å². The highest BCUT2D eigenvalue weighted by Gasteiger charge is 2.49. The van der Waals surface area contributed by atoms with Crippen molar-refractivity contribution in [2.75, 3.05) is 33.2 Å². The molecule has 31 heavy (non-hydrogen) atoms. The van der Waals surface area contributed by atoms with E-state index in [1.165, 1.54) is 0 Å². The van der Waals surface area contributed by atoms with Gasteiger partial charge in [0.05, 0.1) is 11.8 Å². The first-order chi connectivity index (χ1) is 14.7. The van der Waals surface area contributed by atoms with Crippen LogP contribution in [0.15, 0.2) is 0 Å². The molecule has 182 valence electrons. The van der Waals surface area contributed by atoms with Crippen LogP contribution in [0.5, 0.6) is 0 Å². The first-order valence-corrected chi connectivity index (χ1v) is 13.2. The molecule has 9 N–H and O–H groups in total. The Bertz CT molecular complexity index is 678. The number of halogens is 1. The number of rotatable bonds is 10. The van der Waals surface area contributed by atoms with Crippen LogP contribution < -0.4 is 32.1 Å². The van der Waals surface area contributed by atoms with Gasteiger partial charge in [-0.3, -0.25) is 0 Å². The Balaban J connectivity index is 1.54. The lowest BCUT2D eigenvalue weighted by molar-refractivity contribution is -0.134. The third-order valence-electron chi connectivity index (χ3n) is 7.59. The summed E-state index contributed by atoms with van der Waals surface area (Å²) in [6.07, 6.45) is 3.48. The van der Waals surface area contributed by atoms with Crippen LogP contribution in [0.25, 0.3) is 0 Å². The molecule has 1 aliphatic heterocycles. The standard InChI is InChI=1S/C20H41FN6O3S/c1-24-19-13(10-22)3-2-4-17(19)27-31(29,30)16(11-23)12-26-18-7-14(5-6-25-18)20(28)8-15(21)9-20/h13-19,24-28H,2-12,22-23H2,1H3. The van der Waals surface area contributed by atoms with E-state index in [0.717, 1.165) is 25.7 Å². The van der Waals surface area contributed by atoms with Crippen LogP contribution in [0.1, 0.15) is 44.9 Å². The van der Waals surface area contributed by atoms with Gasteiger partial charge in [-0.25, -0.2) is 17.5 Å². The molecule has 0 bridgehead atoms. The predicted molar refractivity (Wildman–Crippen MR) is 120 cm³/mol. The average Bonchev–Trinajstić information content (AvgIpc) is 2.72. The van der Waals surface area contributed by atoms with Crippen molar-refractivity contribution in [3.63, 3.8) is 0 Å². The van der Waals surface area contributed by atoms with Crippen LogP contribution in [0.4, 0.5) is 4.39 Å². The van der Waals surface area contributed by atoms with Crippen LogP contribution in [0.2, 0.25) is 0 Å². The lowest BCUT2D eigenvalue weighted by atomic mass is 9.66. The molecular formula is C20H41FN6O3S. The second-order valence-corrected chi connectivity index (χ2v) is 11.6. The van der Waals surface area contributed by atoms with Gasteiger partial charge in [0.2, 0.25) is 10.0 Å². The summed E-state index contributed by atoms with van der Waals surface area (Å²) >= 11 is 0. The van der Waals surface area contributed by atoms with Gasteiger partial charge in [-0.1, -0.05) is 6.42 Å².